The van der Waals surface area contributed by atoms with E-state index >= 15 is 0 Å². The Morgan fingerprint density at radius 2 is 2.27 bits per heavy atom. The van der Waals surface area contributed by atoms with Gasteiger partial charge in [-0.25, -0.2) is 0 Å². The molecule has 84 valence electrons. The van der Waals surface area contributed by atoms with Crippen LogP contribution in [-0.4, -0.2) is 46.8 Å². The fourth-order valence-electron chi connectivity index (χ4n) is 1.61. The van der Waals surface area contributed by atoms with Crippen LogP contribution in [0.3, 0.4) is 0 Å². The third kappa shape index (κ3) is 2.32. The number of thioether (sulfide) groups is 1. The minimum absolute atomic E-state index is 0.140. The molecule has 2 fully saturated rings. The third-order valence-electron chi connectivity index (χ3n) is 2.29. The molecule has 0 aliphatic carbocycles. The van der Waals surface area contributed by atoms with E-state index in [1.807, 2.05) is 13.8 Å². The number of hydrogen-bond donors (Lipinski definition) is 0. The Bertz CT molecular complexity index is 288. The van der Waals surface area contributed by atoms with Crippen molar-refractivity contribution in [2.24, 2.45) is 0 Å². The number of nitrogens with zero attached hydrogens (tertiary/aromatic N) is 1. The van der Waals surface area contributed by atoms with Crippen LogP contribution in [0, 0.1) is 0 Å². The van der Waals surface area contributed by atoms with Crippen molar-refractivity contribution in [3.05, 3.63) is 0 Å². The molecule has 2 saturated heterocycles. The molecule has 0 aromatic carbocycles. The zero-order valence-electron chi connectivity index (χ0n) is 8.69. The molecule has 0 spiro atoms. The van der Waals surface area contributed by atoms with E-state index in [1.165, 1.54) is 4.90 Å². The summed E-state index contributed by atoms with van der Waals surface area (Å²) in [5.74, 6) is -0.502. The van der Waals surface area contributed by atoms with Gasteiger partial charge in [-0.05, 0) is 13.8 Å². The lowest BCUT2D eigenvalue weighted by molar-refractivity contribution is -0.142. The summed E-state index contributed by atoms with van der Waals surface area (Å²) in [6.45, 7) is 4.35. The lowest BCUT2D eigenvalue weighted by Gasteiger charge is -2.19. The van der Waals surface area contributed by atoms with E-state index in [2.05, 4.69) is 0 Å². The molecule has 5 nitrogen and oxygen atoms in total. The van der Waals surface area contributed by atoms with E-state index < -0.39 is 5.79 Å². The quantitative estimate of drug-likeness (QED) is 0.704. The molecule has 0 saturated carbocycles. The smallest absolute Gasteiger partial charge is 0.288 e. The highest BCUT2D eigenvalue weighted by molar-refractivity contribution is 8.14. The van der Waals surface area contributed by atoms with Gasteiger partial charge in [0.05, 0.1) is 18.9 Å². The topological polar surface area (TPSA) is 55.8 Å². The van der Waals surface area contributed by atoms with Gasteiger partial charge in [0.25, 0.3) is 5.24 Å². The highest BCUT2D eigenvalue weighted by Gasteiger charge is 2.38. The molecule has 0 radical (unpaired) electrons. The minimum Gasteiger partial charge on any atom is -0.348 e. The maximum atomic E-state index is 11.3. The molecule has 0 N–H and O–H groups in total. The molecule has 2 heterocycles. The third-order valence-corrected chi connectivity index (χ3v) is 3.15. The van der Waals surface area contributed by atoms with Crippen LogP contribution in [0.1, 0.15) is 13.8 Å². The van der Waals surface area contributed by atoms with Gasteiger partial charge in [0.1, 0.15) is 6.10 Å². The van der Waals surface area contributed by atoms with Crippen LogP contribution >= 0.6 is 11.8 Å². The fourth-order valence-corrected chi connectivity index (χ4v) is 2.35. The second kappa shape index (κ2) is 3.77. The molecule has 0 bridgehead atoms. The number of carbonyl (C=O) groups excluding carboxylic acids is 2. The van der Waals surface area contributed by atoms with Crippen LogP contribution in [-0.2, 0) is 14.3 Å². The molecule has 0 aromatic heterocycles. The number of rotatable bonds is 2. The van der Waals surface area contributed by atoms with Crippen molar-refractivity contribution in [1.82, 2.24) is 4.90 Å². The van der Waals surface area contributed by atoms with Gasteiger partial charge in [-0.1, -0.05) is 11.8 Å². The second-order valence-electron chi connectivity index (χ2n) is 4.01. The summed E-state index contributed by atoms with van der Waals surface area (Å²) in [6, 6.07) is 0. The van der Waals surface area contributed by atoms with E-state index in [4.69, 9.17) is 9.47 Å². The Labute approximate surface area is 92.1 Å². The molecule has 6 heteroatoms. The minimum atomic E-state index is -0.608. The largest absolute Gasteiger partial charge is 0.348 e. The van der Waals surface area contributed by atoms with Gasteiger partial charge >= 0.3 is 0 Å². The Kier molecular flexibility index (Phi) is 2.74. The molecule has 1 unspecified atom stereocenters. The van der Waals surface area contributed by atoms with Gasteiger partial charge in [-0.15, -0.1) is 0 Å². The number of amides is 2. The molecule has 1 atom stereocenters. The van der Waals surface area contributed by atoms with Crippen molar-refractivity contribution in [2.75, 3.05) is 18.9 Å². The molecule has 2 aliphatic heterocycles. The summed E-state index contributed by atoms with van der Waals surface area (Å²) < 4.78 is 10.9. The zero-order valence-corrected chi connectivity index (χ0v) is 9.50. The Morgan fingerprint density at radius 1 is 1.53 bits per heavy atom. The van der Waals surface area contributed by atoms with Crippen LogP contribution in [0.5, 0.6) is 0 Å². The SMILES string of the molecule is CC1(C)OCC(CN2C(=O)CSC2=O)O1. The molecule has 2 amide bonds. The normalized spacial score (nSPS) is 30.3. The van der Waals surface area contributed by atoms with E-state index in [1.54, 1.807) is 0 Å². The molecule has 15 heavy (non-hydrogen) atoms. The molecule has 2 rings (SSSR count). The Balaban J connectivity index is 1.93. The first-order valence-electron chi connectivity index (χ1n) is 4.77. The summed E-state index contributed by atoms with van der Waals surface area (Å²) in [5, 5.41) is -0.187. The summed E-state index contributed by atoms with van der Waals surface area (Å²) in [4.78, 5) is 23.9. The van der Waals surface area contributed by atoms with Gasteiger partial charge in [0.2, 0.25) is 5.91 Å². The zero-order chi connectivity index (χ0) is 11.1. The van der Waals surface area contributed by atoms with Crippen molar-refractivity contribution < 1.29 is 19.1 Å². The first kappa shape index (κ1) is 10.9. The van der Waals surface area contributed by atoms with Crippen molar-refractivity contribution >= 4 is 22.9 Å². The average molecular weight is 231 g/mol. The number of hydrogen-bond acceptors (Lipinski definition) is 5. The van der Waals surface area contributed by atoms with Crippen LogP contribution in [0.4, 0.5) is 4.79 Å². The van der Waals surface area contributed by atoms with Gasteiger partial charge in [0, 0.05) is 0 Å². The van der Waals surface area contributed by atoms with E-state index in [-0.39, 0.29) is 23.0 Å². The van der Waals surface area contributed by atoms with Crippen LogP contribution in [0.15, 0.2) is 0 Å². The molecule has 2 aliphatic rings. The summed E-state index contributed by atoms with van der Waals surface area (Å²) >= 11 is 1.04. The first-order valence-corrected chi connectivity index (χ1v) is 5.75. The Morgan fingerprint density at radius 3 is 2.73 bits per heavy atom. The molecular weight excluding hydrogens is 218 g/mol. The number of ether oxygens (including phenoxy) is 2. The summed E-state index contributed by atoms with van der Waals surface area (Å²) in [7, 11) is 0. The van der Waals surface area contributed by atoms with Gasteiger partial charge in [0.15, 0.2) is 5.79 Å². The standard InChI is InChI=1S/C9H13NO4S/c1-9(2)13-4-6(14-9)3-10-7(11)5-15-8(10)12/h6H,3-5H2,1-2H3. The summed E-state index contributed by atoms with van der Waals surface area (Å²) in [6.07, 6.45) is -0.202. The van der Waals surface area contributed by atoms with E-state index in [0.717, 1.165) is 11.8 Å². The van der Waals surface area contributed by atoms with Crippen molar-refractivity contribution in [3.63, 3.8) is 0 Å². The highest BCUT2D eigenvalue weighted by atomic mass is 32.2. The van der Waals surface area contributed by atoms with Crippen LogP contribution < -0.4 is 0 Å². The summed E-state index contributed by atoms with van der Waals surface area (Å²) in [5.41, 5.74) is 0. The maximum absolute atomic E-state index is 11.3. The molecule has 0 aromatic rings. The van der Waals surface area contributed by atoms with Gasteiger partial charge < -0.3 is 9.47 Å². The lowest BCUT2D eigenvalue weighted by Crippen LogP contribution is -2.37. The second-order valence-corrected chi connectivity index (χ2v) is 4.94. The van der Waals surface area contributed by atoms with Crippen molar-refractivity contribution in [2.45, 2.75) is 25.7 Å². The number of imide groups is 1. The van der Waals surface area contributed by atoms with Crippen LogP contribution in [0.2, 0.25) is 0 Å². The molecular formula is C9H13NO4S. The average Bonchev–Trinajstić information content (AvgIpc) is 2.63. The predicted octanol–water partition coefficient (Wildman–Crippen LogP) is 0.833. The predicted molar refractivity (Wildman–Crippen MR) is 54.5 cm³/mol. The van der Waals surface area contributed by atoms with Crippen LogP contribution in [0.25, 0.3) is 0 Å². The Hall–Kier alpha value is -0.590. The van der Waals surface area contributed by atoms with Gasteiger partial charge in [-0.2, -0.15) is 0 Å². The van der Waals surface area contributed by atoms with Crippen molar-refractivity contribution in [3.8, 4) is 0 Å². The fraction of sp³-hybridized carbons (Fsp3) is 0.778. The van der Waals surface area contributed by atoms with Gasteiger partial charge in [-0.3, -0.25) is 14.5 Å². The number of carbonyl (C=O) groups is 2. The first-order chi connectivity index (χ1) is 6.98. The maximum Gasteiger partial charge on any atom is 0.288 e. The monoisotopic (exact) mass is 231 g/mol. The van der Waals surface area contributed by atoms with E-state index in [9.17, 15) is 9.59 Å². The lowest BCUT2D eigenvalue weighted by atomic mass is 10.3. The van der Waals surface area contributed by atoms with E-state index in [0.29, 0.717) is 13.2 Å². The highest BCUT2D eigenvalue weighted by Crippen LogP contribution is 2.25. The van der Waals surface area contributed by atoms with Crippen molar-refractivity contribution in [1.29, 1.82) is 0 Å².